The second-order valence-electron chi connectivity index (χ2n) is 4.15. The van der Waals surface area contributed by atoms with Crippen LogP contribution in [0.15, 0.2) is 34.9 Å². The van der Waals surface area contributed by atoms with Crippen LogP contribution >= 0.6 is 15.9 Å². The van der Waals surface area contributed by atoms with Gasteiger partial charge in [0.2, 0.25) is 5.91 Å². The third kappa shape index (κ3) is 3.60. The maximum Gasteiger partial charge on any atom is 0.360 e. The Bertz CT molecular complexity index is 684. The number of rotatable bonds is 4. The van der Waals surface area contributed by atoms with Gasteiger partial charge in [0, 0.05) is 10.7 Å². The molecule has 3 N–H and O–H groups in total. The predicted molar refractivity (Wildman–Crippen MR) is 80.8 cm³/mol. The van der Waals surface area contributed by atoms with Gasteiger partial charge in [-0.05, 0) is 28.1 Å². The molecule has 0 bridgehead atoms. The van der Waals surface area contributed by atoms with Crippen LogP contribution in [0, 0.1) is 0 Å². The lowest BCUT2D eigenvalue weighted by molar-refractivity contribution is -0.116. The van der Waals surface area contributed by atoms with E-state index in [1.165, 1.54) is 18.0 Å². The lowest BCUT2D eigenvalue weighted by atomic mass is 10.3. The van der Waals surface area contributed by atoms with Gasteiger partial charge in [0.25, 0.3) is 0 Å². The van der Waals surface area contributed by atoms with Crippen molar-refractivity contribution in [1.82, 2.24) is 9.78 Å². The zero-order valence-electron chi connectivity index (χ0n) is 11.2. The lowest BCUT2D eigenvalue weighted by Gasteiger charge is -2.06. The van der Waals surface area contributed by atoms with E-state index in [0.29, 0.717) is 5.69 Å². The highest BCUT2D eigenvalue weighted by Crippen LogP contribution is 2.21. The number of nitrogen functional groups attached to an aromatic ring is 1. The molecular formula is C13H13BrN4O3. The molecule has 2 rings (SSSR count). The SMILES string of the molecule is COC(=O)c1nn(CC(=O)Nc2ccccc2Br)cc1N. The quantitative estimate of drug-likeness (QED) is 0.815. The molecule has 8 heteroatoms. The number of benzene rings is 1. The number of esters is 1. The van der Waals surface area contributed by atoms with E-state index >= 15 is 0 Å². The number of methoxy groups -OCH3 is 1. The molecule has 0 aliphatic heterocycles. The highest BCUT2D eigenvalue weighted by Gasteiger charge is 2.16. The molecule has 21 heavy (non-hydrogen) atoms. The second-order valence-corrected chi connectivity index (χ2v) is 5.00. The Hall–Kier alpha value is -2.35. The lowest BCUT2D eigenvalue weighted by Crippen LogP contribution is -2.19. The van der Waals surface area contributed by atoms with E-state index in [0.717, 1.165) is 4.47 Å². The van der Waals surface area contributed by atoms with Gasteiger partial charge in [-0.2, -0.15) is 5.10 Å². The van der Waals surface area contributed by atoms with Crippen molar-refractivity contribution in [2.24, 2.45) is 0 Å². The number of hydrogen-bond acceptors (Lipinski definition) is 5. The molecule has 0 aliphatic rings. The molecule has 0 aliphatic carbocycles. The molecule has 0 fully saturated rings. The number of ether oxygens (including phenoxy) is 1. The average Bonchev–Trinajstić information content (AvgIpc) is 2.81. The molecule has 110 valence electrons. The van der Waals surface area contributed by atoms with Gasteiger partial charge in [0.15, 0.2) is 5.69 Å². The maximum atomic E-state index is 11.9. The van der Waals surface area contributed by atoms with E-state index in [2.05, 4.69) is 31.1 Å². The van der Waals surface area contributed by atoms with Gasteiger partial charge in [0.05, 0.1) is 18.5 Å². The van der Waals surface area contributed by atoms with Crippen LogP contribution in [0.3, 0.4) is 0 Å². The first-order valence-electron chi connectivity index (χ1n) is 5.97. The molecule has 7 nitrogen and oxygen atoms in total. The van der Waals surface area contributed by atoms with Gasteiger partial charge < -0.3 is 15.8 Å². The minimum absolute atomic E-state index is 0.00816. The number of carbonyl (C=O) groups is 2. The largest absolute Gasteiger partial charge is 0.464 e. The van der Waals surface area contributed by atoms with Crippen LogP contribution in [-0.2, 0) is 16.1 Å². The highest BCUT2D eigenvalue weighted by molar-refractivity contribution is 9.10. The number of para-hydroxylation sites is 1. The fourth-order valence-electron chi connectivity index (χ4n) is 1.67. The van der Waals surface area contributed by atoms with Crippen molar-refractivity contribution in [2.45, 2.75) is 6.54 Å². The van der Waals surface area contributed by atoms with Crippen molar-refractivity contribution in [2.75, 3.05) is 18.2 Å². The summed E-state index contributed by atoms with van der Waals surface area (Å²) < 4.78 is 6.60. The summed E-state index contributed by atoms with van der Waals surface area (Å²) in [5.41, 5.74) is 6.45. The Morgan fingerprint density at radius 1 is 1.43 bits per heavy atom. The number of nitrogens with two attached hydrogens (primary N) is 1. The number of carbonyl (C=O) groups excluding carboxylic acids is 2. The van der Waals surface area contributed by atoms with E-state index in [-0.39, 0.29) is 23.8 Å². The fourth-order valence-corrected chi connectivity index (χ4v) is 2.06. The van der Waals surface area contributed by atoms with Gasteiger partial charge >= 0.3 is 5.97 Å². The predicted octanol–water partition coefficient (Wildman–Crippen LogP) is 1.65. The van der Waals surface area contributed by atoms with Crippen molar-refractivity contribution >= 4 is 39.2 Å². The minimum atomic E-state index is -0.641. The Morgan fingerprint density at radius 3 is 2.81 bits per heavy atom. The van der Waals surface area contributed by atoms with Crippen LogP contribution in [0.2, 0.25) is 0 Å². The zero-order valence-corrected chi connectivity index (χ0v) is 12.8. The molecule has 1 aromatic carbocycles. The summed E-state index contributed by atoms with van der Waals surface area (Å²) in [6.45, 7) is -0.0669. The minimum Gasteiger partial charge on any atom is -0.464 e. The summed E-state index contributed by atoms with van der Waals surface area (Å²) >= 11 is 3.34. The number of nitrogens with one attached hydrogen (secondary N) is 1. The Labute approximate surface area is 129 Å². The van der Waals surface area contributed by atoms with Crippen molar-refractivity contribution in [3.63, 3.8) is 0 Å². The summed E-state index contributed by atoms with van der Waals surface area (Å²) in [4.78, 5) is 23.3. The summed E-state index contributed by atoms with van der Waals surface area (Å²) in [5.74, 6) is -0.932. The molecule has 1 aromatic heterocycles. The third-order valence-electron chi connectivity index (χ3n) is 2.62. The first kappa shape index (κ1) is 15.0. The first-order chi connectivity index (χ1) is 10.0. The second kappa shape index (κ2) is 6.40. The molecule has 1 heterocycles. The van der Waals surface area contributed by atoms with Gasteiger partial charge in [-0.25, -0.2) is 4.79 Å². The van der Waals surface area contributed by atoms with E-state index in [1.807, 2.05) is 18.2 Å². The standard InChI is InChI=1S/C13H13BrN4O3/c1-21-13(20)12-9(15)6-18(17-12)7-11(19)16-10-5-3-2-4-8(10)14/h2-6H,7,15H2,1H3,(H,16,19). The zero-order chi connectivity index (χ0) is 15.4. The molecule has 0 unspecified atom stereocenters. The number of anilines is 2. The fraction of sp³-hybridized carbons (Fsp3) is 0.154. The Kier molecular flexibility index (Phi) is 4.59. The monoisotopic (exact) mass is 352 g/mol. The van der Waals surface area contributed by atoms with Crippen molar-refractivity contribution in [1.29, 1.82) is 0 Å². The van der Waals surface area contributed by atoms with Gasteiger partial charge in [-0.1, -0.05) is 12.1 Å². The van der Waals surface area contributed by atoms with Crippen LogP contribution in [0.4, 0.5) is 11.4 Å². The Morgan fingerprint density at radius 2 is 2.14 bits per heavy atom. The number of halogens is 1. The maximum absolute atomic E-state index is 11.9. The van der Waals surface area contributed by atoms with E-state index in [9.17, 15) is 9.59 Å². The van der Waals surface area contributed by atoms with Crippen LogP contribution in [0.25, 0.3) is 0 Å². The van der Waals surface area contributed by atoms with Crippen LogP contribution < -0.4 is 11.1 Å². The molecule has 0 atom stereocenters. The molecule has 1 amide bonds. The van der Waals surface area contributed by atoms with Crippen LogP contribution in [0.1, 0.15) is 10.5 Å². The van der Waals surface area contributed by atoms with Gasteiger partial charge in [-0.15, -0.1) is 0 Å². The normalized spacial score (nSPS) is 10.2. The van der Waals surface area contributed by atoms with Gasteiger partial charge in [0.1, 0.15) is 6.54 Å². The van der Waals surface area contributed by atoms with Crippen LogP contribution in [0.5, 0.6) is 0 Å². The van der Waals surface area contributed by atoms with Crippen LogP contribution in [-0.4, -0.2) is 28.8 Å². The Balaban J connectivity index is 2.07. The number of aromatic nitrogens is 2. The molecule has 0 spiro atoms. The molecular weight excluding hydrogens is 340 g/mol. The highest BCUT2D eigenvalue weighted by atomic mass is 79.9. The first-order valence-corrected chi connectivity index (χ1v) is 6.76. The number of hydrogen-bond donors (Lipinski definition) is 2. The van der Waals surface area contributed by atoms with Crippen molar-refractivity contribution < 1.29 is 14.3 Å². The molecule has 0 saturated carbocycles. The van der Waals surface area contributed by atoms with Crippen molar-refractivity contribution in [3.8, 4) is 0 Å². The van der Waals surface area contributed by atoms with E-state index < -0.39 is 5.97 Å². The van der Waals surface area contributed by atoms with Gasteiger partial charge in [-0.3, -0.25) is 9.48 Å². The summed E-state index contributed by atoms with van der Waals surface area (Å²) in [5, 5.41) is 6.66. The molecule has 0 saturated heterocycles. The smallest absolute Gasteiger partial charge is 0.360 e. The average molecular weight is 353 g/mol. The topological polar surface area (TPSA) is 99.2 Å². The van der Waals surface area contributed by atoms with E-state index in [4.69, 9.17) is 5.73 Å². The third-order valence-corrected chi connectivity index (χ3v) is 3.31. The number of amides is 1. The molecule has 2 aromatic rings. The summed E-state index contributed by atoms with van der Waals surface area (Å²) in [6.07, 6.45) is 1.41. The number of nitrogens with zero attached hydrogens (tertiary/aromatic N) is 2. The van der Waals surface area contributed by atoms with Crippen molar-refractivity contribution in [3.05, 3.63) is 40.6 Å². The molecule has 0 radical (unpaired) electrons. The van der Waals surface area contributed by atoms with E-state index in [1.54, 1.807) is 6.07 Å². The summed E-state index contributed by atoms with van der Waals surface area (Å²) in [7, 11) is 1.24. The summed E-state index contributed by atoms with van der Waals surface area (Å²) in [6, 6.07) is 7.23.